The standard InChI is InChI=1S/C45H31N3/c1-2-17-38-36(15-1)37-16-3-4-18-39(37)41-27-34(21-22-40(38)41)32-13-9-11-30(25-32)31-12-10-14-33(26-31)35-28-44(42-19-5-7-23-46-42)48-45(29-35)43-20-6-8-24-47-43/h1-12,14-29,32H,13H2. The van der Waals surface area contributed by atoms with Crippen molar-refractivity contribution >= 4 is 37.9 Å². The number of hydrogen-bond donors (Lipinski definition) is 0. The molecule has 5 aromatic carbocycles. The number of benzene rings is 5. The predicted octanol–water partition coefficient (Wildman–Crippen LogP) is 11.5. The van der Waals surface area contributed by atoms with Crippen LogP contribution in [-0.2, 0) is 0 Å². The van der Waals surface area contributed by atoms with Crippen molar-refractivity contribution in [2.45, 2.75) is 12.3 Å². The van der Waals surface area contributed by atoms with E-state index in [-0.39, 0.29) is 5.92 Å². The Balaban J connectivity index is 1.11. The summed E-state index contributed by atoms with van der Waals surface area (Å²) in [4.78, 5) is 14.2. The van der Waals surface area contributed by atoms with E-state index in [1.807, 2.05) is 48.8 Å². The van der Waals surface area contributed by atoms with Gasteiger partial charge in [0.05, 0.1) is 22.8 Å². The lowest BCUT2D eigenvalue weighted by atomic mass is 9.85. The normalized spacial score (nSPS) is 14.4. The number of fused-ring (bicyclic) bond motifs is 6. The first kappa shape index (κ1) is 28.1. The van der Waals surface area contributed by atoms with Gasteiger partial charge >= 0.3 is 0 Å². The Labute approximate surface area is 279 Å². The van der Waals surface area contributed by atoms with E-state index >= 15 is 0 Å². The van der Waals surface area contributed by atoms with Crippen molar-refractivity contribution in [3.8, 4) is 33.9 Å². The smallest absolute Gasteiger partial charge is 0.0900 e. The molecule has 3 nitrogen and oxygen atoms in total. The lowest BCUT2D eigenvalue weighted by Gasteiger charge is -2.19. The molecule has 3 heterocycles. The quantitative estimate of drug-likeness (QED) is 0.181. The van der Waals surface area contributed by atoms with E-state index < -0.39 is 0 Å². The summed E-state index contributed by atoms with van der Waals surface area (Å²) >= 11 is 0. The molecular weight excluding hydrogens is 583 g/mol. The highest BCUT2D eigenvalue weighted by Crippen LogP contribution is 2.39. The lowest BCUT2D eigenvalue weighted by Crippen LogP contribution is -2.00. The fourth-order valence-electron chi connectivity index (χ4n) is 7.13. The zero-order chi connectivity index (χ0) is 31.9. The van der Waals surface area contributed by atoms with Gasteiger partial charge in [-0.25, -0.2) is 4.98 Å². The highest BCUT2D eigenvalue weighted by molar-refractivity contribution is 6.25. The molecule has 0 aliphatic heterocycles. The van der Waals surface area contributed by atoms with E-state index in [1.165, 1.54) is 49.0 Å². The van der Waals surface area contributed by atoms with Gasteiger partial charge in [0.1, 0.15) is 0 Å². The Bertz CT molecular complexity index is 2440. The third-order valence-electron chi connectivity index (χ3n) is 9.47. The molecule has 0 spiro atoms. The second kappa shape index (κ2) is 11.9. The lowest BCUT2D eigenvalue weighted by molar-refractivity contribution is 0.859. The fraction of sp³-hybridized carbons (Fsp3) is 0.0444. The van der Waals surface area contributed by atoms with Gasteiger partial charge in [-0.05, 0) is 115 Å². The van der Waals surface area contributed by atoms with Crippen molar-refractivity contribution in [1.82, 2.24) is 15.0 Å². The van der Waals surface area contributed by atoms with Crippen LogP contribution in [0.4, 0.5) is 0 Å². The van der Waals surface area contributed by atoms with Crippen LogP contribution in [-0.4, -0.2) is 15.0 Å². The maximum Gasteiger partial charge on any atom is 0.0900 e. The van der Waals surface area contributed by atoms with E-state index in [9.17, 15) is 0 Å². The Kier molecular flexibility index (Phi) is 6.94. The molecule has 0 bridgehead atoms. The number of pyridine rings is 3. The predicted molar refractivity (Wildman–Crippen MR) is 200 cm³/mol. The maximum atomic E-state index is 4.96. The van der Waals surface area contributed by atoms with E-state index in [0.29, 0.717) is 0 Å². The van der Waals surface area contributed by atoms with Crippen molar-refractivity contribution in [2.75, 3.05) is 0 Å². The third kappa shape index (κ3) is 5.06. The van der Waals surface area contributed by atoms with Gasteiger partial charge in [0.2, 0.25) is 0 Å². The molecule has 0 radical (unpaired) electrons. The van der Waals surface area contributed by atoms with Gasteiger partial charge < -0.3 is 0 Å². The van der Waals surface area contributed by atoms with Crippen LogP contribution < -0.4 is 0 Å². The fourth-order valence-corrected chi connectivity index (χ4v) is 7.13. The zero-order valence-corrected chi connectivity index (χ0v) is 26.3. The van der Waals surface area contributed by atoms with E-state index in [2.05, 4.69) is 131 Å². The van der Waals surface area contributed by atoms with E-state index in [1.54, 1.807) is 0 Å². The first-order chi connectivity index (χ1) is 23.8. The van der Waals surface area contributed by atoms with Crippen LogP contribution in [0.25, 0.3) is 71.8 Å². The monoisotopic (exact) mass is 613 g/mol. The molecule has 1 aliphatic rings. The highest BCUT2D eigenvalue weighted by atomic mass is 14.8. The summed E-state index contributed by atoms with van der Waals surface area (Å²) in [5.41, 5.74) is 9.31. The van der Waals surface area contributed by atoms with Crippen molar-refractivity contribution in [3.63, 3.8) is 0 Å². The number of allylic oxidation sites excluding steroid dienone is 4. The number of hydrogen-bond acceptors (Lipinski definition) is 3. The second-order valence-corrected chi connectivity index (χ2v) is 12.4. The van der Waals surface area contributed by atoms with Gasteiger partial charge in [-0.3, -0.25) is 9.97 Å². The molecule has 0 N–H and O–H groups in total. The topological polar surface area (TPSA) is 38.7 Å². The number of nitrogens with zero attached hydrogens (tertiary/aromatic N) is 3. The van der Waals surface area contributed by atoms with Crippen LogP contribution in [0.15, 0.2) is 170 Å². The first-order valence-electron chi connectivity index (χ1n) is 16.5. The second-order valence-electron chi connectivity index (χ2n) is 12.4. The summed E-state index contributed by atoms with van der Waals surface area (Å²) < 4.78 is 0. The molecule has 48 heavy (non-hydrogen) atoms. The molecule has 9 rings (SSSR count). The molecule has 1 aliphatic carbocycles. The van der Waals surface area contributed by atoms with Gasteiger partial charge in [-0.1, -0.05) is 109 Å². The molecule has 0 fully saturated rings. The number of aromatic nitrogens is 3. The summed E-state index contributed by atoms with van der Waals surface area (Å²) in [5, 5.41) is 7.86. The van der Waals surface area contributed by atoms with Crippen LogP contribution >= 0.6 is 0 Å². The van der Waals surface area contributed by atoms with Gasteiger partial charge in [-0.2, -0.15) is 0 Å². The molecule has 0 saturated heterocycles. The summed E-state index contributed by atoms with van der Waals surface area (Å²) in [6, 6.07) is 49.6. The minimum absolute atomic E-state index is 0.288. The zero-order valence-electron chi connectivity index (χ0n) is 26.3. The Morgan fingerprint density at radius 1 is 0.438 bits per heavy atom. The van der Waals surface area contributed by atoms with Gasteiger partial charge in [0.15, 0.2) is 0 Å². The van der Waals surface area contributed by atoms with E-state index in [0.717, 1.165) is 40.3 Å². The molecule has 8 aromatic rings. The highest BCUT2D eigenvalue weighted by Gasteiger charge is 2.17. The van der Waals surface area contributed by atoms with Crippen molar-refractivity contribution in [1.29, 1.82) is 0 Å². The molecule has 1 atom stereocenters. The number of rotatable bonds is 5. The van der Waals surface area contributed by atoms with Crippen LogP contribution in [0.3, 0.4) is 0 Å². The van der Waals surface area contributed by atoms with Crippen molar-refractivity contribution in [2.24, 2.45) is 0 Å². The first-order valence-corrected chi connectivity index (χ1v) is 16.5. The van der Waals surface area contributed by atoms with Gasteiger partial charge in [0, 0.05) is 18.3 Å². The van der Waals surface area contributed by atoms with Crippen molar-refractivity contribution < 1.29 is 0 Å². The summed E-state index contributed by atoms with van der Waals surface area (Å²) in [6.45, 7) is 0. The third-order valence-corrected chi connectivity index (χ3v) is 9.47. The molecular formula is C45H31N3. The average Bonchev–Trinajstić information content (AvgIpc) is 3.18. The van der Waals surface area contributed by atoms with Crippen LogP contribution in [0.5, 0.6) is 0 Å². The Hall–Kier alpha value is -6.19. The van der Waals surface area contributed by atoms with Crippen LogP contribution in [0.2, 0.25) is 0 Å². The molecule has 226 valence electrons. The molecule has 0 amide bonds. The minimum Gasteiger partial charge on any atom is -0.255 e. The molecule has 3 aromatic heterocycles. The molecule has 0 saturated carbocycles. The van der Waals surface area contributed by atoms with Gasteiger partial charge in [0.25, 0.3) is 0 Å². The average molecular weight is 614 g/mol. The van der Waals surface area contributed by atoms with E-state index in [4.69, 9.17) is 4.98 Å². The van der Waals surface area contributed by atoms with Crippen molar-refractivity contribution in [3.05, 3.63) is 181 Å². The Morgan fingerprint density at radius 2 is 1.02 bits per heavy atom. The van der Waals surface area contributed by atoms with Gasteiger partial charge in [-0.15, -0.1) is 0 Å². The largest absolute Gasteiger partial charge is 0.255 e. The van der Waals surface area contributed by atoms with Crippen LogP contribution in [0, 0.1) is 0 Å². The summed E-state index contributed by atoms with van der Waals surface area (Å²) in [7, 11) is 0. The van der Waals surface area contributed by atoms with Crippen LogP contribution in [0.1, 0.15) is 23.5 Å². The summed E-state index contributed by atoms with van der Waals surface area (Å²) in [6.07, 6.45) is 11.6. The Morgan fingerprint density at radius 3 is 1.65 bits per heavy atom. The molecule has 3 heteroatoms. The summed E-state index contributed by atoms with van der Waals surface area (Å²) in [5.74, 6) is 0.288. The minimum atomic E-state index is 0.288. The maximum absolute atomic E-state index is 4.96. The molecule has 1 unspecified atom stereocenters. The SMILES string of the molecule is C1=CC(c2cccc(-c3cc(-c4ccccn4)nc(-c4ccccn4)c3)c2)=CC(c2ccc3c4ccccc4c4ccccc4c3c2)C1.